The number of hydrogen-bond donors (Lipinski definition) is 1. The van der Waals surface area contributed by atoms with E-state index in [-0.39, 0.29) is 23.7 Å². The molecule has 8 heteroatoms. The van der Waals surface area contributed by atoms with Crippen LogP contribution in [0.5, 0.6) is 0 Å². The molecular weight excluding hydrogens is 504 g/mol. The Bertz CT molecular complexity index is 1350. The fraction of sp³-hybridized carbons (Fsp3) is 0.594. The van der Waals surface area contributed by atoms with Gasteiger partial charge in [0.05, 0.1) is 11.0 Å². The second-order valence-corrected chi connectivity index (χ2v) is 12.2. The van der Waals surface area contributed by atoms with Gasteiger partial charge in [0.15, 0.2) is 0 Å². The van der Waals surface area contributed by atoms with E-state index in [4.69, 9.17) is 14.5 Å². The fourth-order valence-electron chi connectivity index (χ4n) is 6.11. The lowest BCUT2D eigenvalue weighted by molar-refractivity contribution is -0.151. The number of ether oxygens (including phenoxy) is 2. The standard InChI is InChI=1S/C32H44N4O4/c1-21(2)15-28(32(38)40-26-7-5-6-8-26)33-18-24-9-10-29-27(17-24)34-30(25-16-22(3)31(37)35(4)20-25)36(29)19-23-11-13-39-14-12-23/h9-10,16-17,20-21,23,26,28,33H,5-8,11-15,18-19H2,1-4H3/t28-/m0/s1. The van der Waals surface area contributed by atoms with Crippen molar-refractivity contribution in [2.75, 3.05) is 13.2 Å². The van der Waals surface area contributed by atoms with E-state index in [1.165, 1.54) is 0 Å². The number of fused-ring (bicyclic) bond motifs is 1. The number of rotatable bonds is 10. The maximum Gasteiger partial charge on any atom is 0.323 e. The van der Waals surface area contributed by atoms with E-state index in [9.17, 15) is 9.59 Å². The third kappa shape index (κ3) is 6.66. The third-order valence-corrected chi connectivity index (χ3v) is 8.34. The predicted molar refractivity (Wildman–Crippen MR) is 157 cm³/mol. The highest BCUT2D eigenvalue weighted by Crippen LogP contribution is 2.29. The molecule has 1 aromatic carbocycles. The van der Waals surface area contributed by atoms with Gasteiger partial charge in [-0.2, -0.15) is 0 Å². The van der Waals surface area contributed by atoms with Crippen molar-refractivity contribution in [2.45, 2.75) is 91.0 Å². The number of imidazole rings is 1. The molecule has 2 fully saturated rings. The number of carbonyl (C=O) groups is 1. The minimum Gasteiger partial charge on any atom is -0.461 e. The zero-order chi connectivity index (χ0) is 28.2. The zero-order valence-corrected chi connectivity index (χ0v) is 24.4. The number of esters is 1. The van der Waals surface area contributed by atoms with Gasteiger partial charge in [0.25, 0.3) is 5.56 Å². The Balaban J connectivity index is 1.41. The lowest BCUT2D eigenvalue weighted by atomic mass is 10.00. The van der Waals surface area contributed by atoms with Crippen LogP contribution in [0.25, 0.3) is 22.4 Å². The lowest BCUT2D eigenvalue weighted by Crippen LogP contribution is -2.40. The number of benzene rings is 1. The van der Waals surface area contributed by atoms with E-state index >= 15 is 0 Å². The van der Waals surface area contributed by atoms with Crippen molar-refractivity contribution in [3.05, 3.63) is 51.9 Å². The second kappa shape index (κ2) is 12.7. The largest absolute Gasteiger partial charge is 0.461 e. The summed E-state index contributed by atoms with van der Waals surface area (Å²) in [5.74, 6) is 1.64. The molecule has 1 atom stereocenters. The molecule has 0 spiro atoms. The van der Waals surface area contributed by atoms with Crippen LogP contribution in [0.15, 0.2) is 35.3 Å². The van der Waals surface area contributed by atoms with Crippen molar-refractivity contribution in [2.24, 2.45) is 18.9 Å². The van der Waals surface area contributed by atoms with Crippen LogP contribution in [-0.4, -0.2) is 45.4 Å². The Morgan fingerprint density at radius 3 is 2.60 bits per heavy atom. The molecule has 0 radical (unpaired) electrons. The first-order valence-corrected chi connectivity index (χ1v) is 15.0. The van der Waals surface area contributed by atoms with Gasteiger partial charge in [-0.3, -0.25) is 9.59 Å². The van der Waals surface area contributed by atoms with Crippen molar-refractivity contribution < 1.29 is 14.3 Å². The predicted octanol–water partition coefficient (Wildman–Crippen LogP) is 5.13. The van der Waals surface area contributed by atoms with Gasteiger partial charge in [-0.1, -0.05) is 19.9 Å². The minimum atomic E-state index is -0.327. The molecule has 0 unspecified atom stereocenters. The highest BCUT2D eigenvalue weighted by atomic mass is 16.5. The molecule has 1 aliphatic heterocycles. The minimum absolute atomic E-state index is 0.00612. The van der Waals surface area contributed by atoms with Crippen molar-refractivity contribution in [1.29, 1.82) is 0 Å². The third-order valence-electron chi connectivity index (χ3n) is 8.34. The molecule has 5 rings (SSSR count). The topological polar surface area (TPSA) is 87.4 Å². The molecule has 1 saturated heterocycles. The van der Waals surface area contributed by atoms with Crippen LogP contribution < -0.4 is 10.9 Å². The van der Waals surface area contributed by atoms with E-state index < -0.39 is 0 Å². The van der Waals surface area contributed by atoms with Crippen molar-refractivity contribution in [3.63, 3.8) is 0 Å². The van der Waals surface area contributed by atoms with Crippen LogP contribution in [0.1, 0.15) is 69.9 Å². The summed E-state index contributed by atoms with van der Waals surface area (Å²) in [5, 5.41) is 3.48. The smallest absolute Gasteiger partial charge is 0.323 e. The number of nitrogens with one attached hydrogen (secondary N) is 1. The summed E-state index contributed by atoms with van der Waals surface area (Å²) in [6.45, 7) is 9.14. The normalized spacial score (nSPS) is 17.6. The first kappa shape index (κ1) is 28.6. The molecule has 2 aromatic heterocycles. The number of aromatic nitrogens is 3. The SMILES string of the molecule is Cc1cc(-c2nc3cc(CN[C@@H](CC(C)C)C(=O)OC4CCCC4)ccc3n2CC2CCOCC2)cn(C)c1=O. The van der Waals surface area contributed by atoms with Crippen molar-refractivity contribution in [3.8, 4) is 11.4 Å². The highest BCUT2D eigenvalue weighted by molar-refractivity contribution is 5.81. The number of carbonyl (C=O) groups excluding carboxylic acids is 1. The summed E-state index contributed by atoms with van der Waals surface area (Å²) in [5.41, 5.74) is 4.72. The Hall–Kier alpha value is -2.97. The summed E-state index contributed by atoms with van der Waals surface area (Å²) in [4.78, 5) is 30.5. The Morgan fingerprint density at radius 1 is 1.15 bits per heavy atom. The molecule has 0 bridgehead atoms. The molecular formula is C32H44N4O4. The molecule has 2 aliphatic rings. The van der Waals surface area contributed by atoms with Crippen molar-refractivity contribution >= 4 is 17.0 Å². The van der Waals surface area contributed by atoms with Crippen LogP contribution in [-0.2, 0) is 34.4 Å². The van der Waals surface area contributed by atoms with Crippen LogP contribution in [0, 0.1) is 18.8 Å². The van der Waals surface area contributed by atoms with Crippen LogP contribution in [0.4, 0.5) is 0 Å². The molecule has 3 heterocycles. The number of nitrogens with zero attached hydrogens (tertiary/aromatic N) is 3. The molecule has 3 aromatic rings. The van der Waals surface area contributed by atoms with Gasteiger partial charge >= 0.3 is 5.97 Å². The molecule has 1 aliphatic carbocycles. The molecule has 216 valence electrons. The number of pyridine rings is 1. The zero-order valence-electron chi connectivity index (χ0n) is 24.4. The van der Waals surface area contributed by atoms with Gasteiger partial charge < -0.3 is 23.9 Å². The van der Waals surface area contributed by atoms with E-state index in [1.54, 1.807) is 11.6 Å². The summed E-state index contributed by atoms with van der Waals surface area (Å²) >= 11 is 0. The van der Waals surface area contributed by atoms with Crippen LogP contribution >= 0.6 is 0 Å². The summed E-state index contributed by atoms with van der Waals surface area (Å²) in [6.07, 6.45) is 8.98. The molecule has 8 nitrogen and oxygen atoms in total. The summed E-state index contributed by atoms with van der Waals surface area (Å²) in [7, 11) is 1.79. The second-order valence-electron chi connectivity index (χ2n) is 12.2. The first-order valence-electron chi connectivity index (χ1n) is 15.0. The number of hydrogen-bond acceptors (Lipinski definition) is 6. The maximum atomic E-state index is 13.0. The maximum absolute atomic E-state index is 13.0. The van der Waals surface area contributed by atoms with Crippen LogP contribution in [0.3, 0.4) is 0 Å². The van der Waals surface area contributed by atoms with Gasteiger partial charge in [-0.05, 0) is 87.5 Å². The summed E-state index contributed by atoms with van der Waals surface area (Å²) in [6, 6.07) is 8.01. The van der Waals surface area contributed by atoms with Crippen LogP contribution in [0.2, 0.25) is 0 Å². The highest BCUT2D eigenvalue weighted by Gasteiger charge is 2.26. The molecule has 40 heavy (non-hydrogen) atoms. The lowest BCUT2D eigenvalue weighted by Gasteiger charge is -2.23. The van der Waals surface area contributed by atoms with Gasteiger partial charge in [0.2, 0.25) is 0 Å². The molecule has 1 saturated carbocycles. The van der Waals surface area contributed by atoms with E-state index in [1.807, 2.05) is 19.2 Å². The Labute approximate surface area is 237 Å². The summed E-state index contributed by atoms with van der Waals surface area (Å²) < 4.78 is 15.4. The Kier molecular flexibility index (Phi) is 9.06. The van der Waals surface area contributed by atoms with Gasteiger partial charge in [-0.15, -0.1) is 0 Å². The quantitative estimate of drug-likeness (QED) is 0.354. The first-order chi connectivity index (χ1) is 19.3. The van der Waals surface area contributed by atoms with Crippen molar-refractivity contribution in [1.82, 2.24) is 19.4 Å². The Morgan fingerprint density at radius 2 is 1.90 bits per heavy atom. The van der Waals surface area contributed by atoms with Gasteiger partial charge in [-0.25, -0.2) is 4.98 Å². The van der Waals surface area contributed by atoms with E-state index in [0.29, 0.717) is 23.9 Å². The van der Waals surface area contributed by atoms with Gasteiger partial charge in [0.1, 0.15) is 18.0 Å². The average Bonchev–Trinajstić information content (AvgIpc) is 3.57. The number of aryl methyl sites for hydroxylation is 2. The average molecular weight is 549 g/mol. The van der Waals surface area contributed by atoms with E-state index in [2.05, 4.69) is 41.9 Å². The van der Waals surface area contributed by atoms with Gasteiger partial charge in [0, 0.05) is 50.7 Å². The van der Waals surface area contributed by atoms with E-state index in [0.717, 1.165) is 92.7 Å². The molecule has 0 amide bonds. The monoisotopic (exact) mass is 548 g/mol. The molecule has 1 N–H and O–H groups in total. The fourth-order valence-corrected chi connectivity index (χ4v) is 6.11.